The molecule has 0 fully saturated rings. The summed E-state index contributed by atoms with van der Waals surface area (Å²) < 4.78 is 12.9. The van der Waals surface area contributed by atoms with Crippen LogP contribution >= 0.6 is 0 Å². The number of hydrogen-bond donors (Lipinski definition) is 1. The Kier molecular flexibility index (Phi) is 2.59. The van der Waals surface area contributed by atoms with Crippen molar-refractivity contribution in [1.82, 2.24) is 15.0 Å². The number of benzene rings is 1. The number of aryl methyl sites for hydroxylation is 1. The maximum absolute atomic E-state index is 12.9. The summed E-state index contributed by atoms with van der Waals surface area (Å²) in [6.45, 7) is 1.86. The first-order valence-corrected chi connectivity index (χ1v) is 5.76. The van der Waals surface area contributed by atoms with Gasteiger partial charge in [0.25, 0.3) is 5.56 Å². The highest BCUT2D eigenvalue weighted by atomic mass is 19.1. The molecule has 3 aromatic rings. The first kappa shape index (κ1) is 11.5. The maximum Gasteiger partial charge on any atom is 0.277 e. The average molecular weight is 255 g/mol. The summed E-state index contributed by atoms with van der Waals surface area (Å²) in [5.74, 6) is -0.305. The van der Waals surface area contributed by atoms with Crippen LogP contribution in [0.1, 0.15) is 5.56 Å². The Bertz CT molecular complexity index is 809. The largest absolute Gasteiger partial charge is 0.311 e. The van der Waals surface area contributed by atoms with Gasteiger partial charge in [-0.1, -0.05) is 0 Å². The van der Waals surface area contributed by atoms with E-state index in [-0.39, 0.29) is 11.4 Å². The highest BCUT2D eigenvalue weighted by Crippen LogP contribution is 2.21. The molecular weight excluding hydrogens is 245 g/mol. The molecule has 0 aliphatic heterocycles. The Labute approximate surface area is 108 Å². The van der Waals surface area contributed by atoms with Gasteiger partial charge in [-0.15, -0.1) is 0 Å². The van der Waals surface area contributed by atoms with Crippen molar-refractivity contribution in [2.24, 2.45) is 0 Å². The Morgan fingerprint density at radius 2 is 1.89 bits per heavy atom. The lowest BCUT2D eigenvalue weighted by Crippen LogP contribution is -2.09. The molecule has 19 heavy (non-hydrogen) atoms. The molecule has 0 bridgehead atoms. The van der Waals surface area contributed by atoms with Crippen molar-refractivity contribution in [2.75, 3.05) is 0 Å². The Hall–Kier alpha value is -2.56. The number of nitrogens with zero attached hydrogens (tertiary/aromatic N) is 2. The molecule has 0 amide bonds. The lowest BCUT2D eigenvalue weighted by molar-refractivity contribution is 0.628. The second-order valence-corrected chi connectivity index (χ2v) is 4.26. The van der Waals surface area contributed by atoms with Crippen LogP contribution in [0.5, 0.6) is 0 Å². The minimum absolute atomic E-state index is 0.280. The molecule has 1 aromatic carbocycles. The van der Waals surface area contributed by atoms with Crippen LogP contribution in [-0.2, 0) is 0 Å². The SMILES string of the molecule is Cc1cc(-c2ccc(F)cc2)nc2c(=O)[nH]cnc12. The Morgan fingerprint density at radius 3 is 2.63 bits per heavy atom. The van der Waals surface area contributed by atoms with E-state index in [0.717, 1.165) is 11.1 Å². The number of fused-ring (bicyclic) bond motifs is 1. The molecule has 0 atom stereocenters. The van der Waals surface area contributed by atoms with Crippen molar-refractivity contribution in [3.8, 4) is 11.3 Å². The van der Waals surface area contributed by atoms with E-state index in [2.05, 4.69) is 15.0 Å². The molecule has 4 nitrogen and oxygen atoms in total. The molecular formula is C14H10FN3O. The quantitative estimate of drug-likeness (QED) is 0.726. The van der Waals surface area contributed by atoms with Crippen LogP contribution in [0, 0.1) is 12.7 Å². The summed E-state index contributed by atoms with van der Waals surface area (Å²) in [6.07, 6.45) is 1.36. The molecule has 5 heteroatoms. The maximum atomic E-state index is 12.9. The van der Waals surface area contributed by atoms with Gasteiger partial charge in [0.05, 0.1) is 17.5 Å². The van der Waals surface area contributed by atoms with Gasteiger partial charge in [0.1, 0.15) is 5.82 Å². The zero-order valence-electron chi connectivity index (χ0n) is 10.1. The van der Waals surface area contributed by atoms with Gasteiger partial charge in [-0.2, -0.15) is 0 Å². The average Bonchev–Trinajstić information content (AvgIpc) is 2.41. The smallest absolute Gasteiger partial charge is 0.277 e. The third-order valence-electron chi connectivity index (χ3n) is 2.93. The lowest BCUT2D eigenvalue weighted by atomic mass is 10.1. The molecule has 94 valence electrons. The summed E-state index contributed by atoms with van der Waals surface area (Å²) in [6, 6.07) is 7.83. The summed E-state index contributed by atoms with van der Waals surface area (Å²) in [5.41, 5.74) is 2.84. The van der Waals surface area contributed by atoms with Gasteiger partial charge in [0, 0.05) is 5.56 Å². The molecule has 0 unspecified atom stereocenters. The Morgan fingerprint density at radius 1 is 1.16 bits per heavy atom. The normalized spacial score (nSPS) is 10.8. The first-order chi connectivity index (χ1) is 9.15. The standard InChI is InChI=1S/C14H10FN3O/c1-8-6-11(9-2-4-10(15)5-3-9)18-13-12(8)16-7-17-14(13)19/h2-7H,1H3,(H,16,17,19). The van der Waals surface area contributed by atoms with Crippen molar-refractivity contribution in [3.05, 3.63) is 58.4 Å². The Balaban J connectivity index is 2.29. The molecule has 2 aromatic heterocycles. The third kappa shape index (κ3) is 1.99. The number of hydrogen-bond acceptors (Lipinski definition) is 3. The van der Waals surface area contributed by atoms with Gasteiger partial charge in [0.2, 0.25) is 0 Å². The fourth-order valence-corrected chi connectivity index (χ4v) is 1.98. The van der Waals surface area contributed by atoms with E-state index >= 15 is 0 Å². The number of aromatic amines is 1. The van der Waals surface area contributed by atoms with Crippen molar-refractivity contribution in [2.45, 2.75) is 6.92 Å². The van der Waals surface area contributed by atoms with E-state index in [1.807, 2.05) is 13.0 Å². The lowest BCUT2D eigenvalue weighted by Gasteiger charge is -2.05. The van der Waals surface area contributed by atoms with Crippen LogP contribution in [0.15, 0.2) is 41.5 Å². The highest BCUT2D eigenvalue weighted by molar-refractivity contribution is 5.80. The van der Waals surface area contributed by atoms with Gasteiger partial charge in [-0.25, -0.2) is 14.4 Å². The van der Waals surface area contributed by atoms with E-state index in [4.69, 9.17) is 0 Å². The van der Waals surface area contributed by atoms with Crippen molar-refractivity contribution in [3.63, 3.8) is 0 Å². The topological polar surface area (TPSA) is 58.6 Å². The molecule has 0 saturated heterocycles. The molecule has 3 rings (SSSR count). The third-order valence-corrected chi connectivity index (χ3v) is 2.93. The highest BCUT2D eigenvalue weighted by Gasteiger charge is 2.08. The predicted molar refractivity (Wildman–Crippen MR) is 70.3 cm³/mol. The van der Waals surface area contributed by atoms with Crippen LogP contribution in [0.2, 0.25) is 0 Å². The van der Waals surface area contributed by atoms with E-state index < -0.39 is 0 Å². The predicted octanol–water partition coefficient (Wildman–Crippen LogP) is 2.43. The monoisotopic (exact) mass is 255 g/mol. The number of nitrogens with one attached hydrogen (secondary N) is 1. The minimum atomic E-state index is -0.305. The van der Waals surface area contributed by atoms with Crippen LogP contribution in [0.25, 0.3) is 22.3 Å². The van der Waals surface area contributed by atoms with E-state index in [0.29, 0.717) is 16.7 Å². The first-order valence-electron chi connectivity index (χ1n) is 5.76. The zero-order chi connectivity index (χ0) is 13.4. The van der Waals surface area contributed by atoms with Gasteiger partial charge in [-0.3, -0.25) is 4.79 Å². The summed E-state index contributed by atoms with van der Waals surface area (Å²) in [7, 11) is 0. The molecule has 0 aliphatic rings. The number of halogens is 1. The molecule has 2 heterocycles. The minimum Gasteiger partial charge on any atom is -0.311 e. The van der Waals surface area contributed by atoms with Crippen LogP contribution < -0.4 is 5.56 Å². The number of H-pyrrole nitrogens is 1. The number of aromatic nitrogens is 3. The van der Waals surface area contributed by atoms with Gasteiger partial charge < -0.3 is 4.98 Å². The molecule has 1 N–H and O–H groups in total. The van der Waals surface area contributed by atoms with E-state index in [1.165, 1.54) is 18.5 Å². The molecule has 0 spiro atoms. The molecule has 0 saturated carbocycles. The molecule has 0 radical (unpaired) electrons. The van der Waals surface area contributed by atoms with Gasteiger partial charge >= 0.3 is 0 Å². The second kappa shape index (κ2) is 4.28. The summed E-state index contributed by atoms with van der Waals surface area (Å²) >= 11 is 0. The number of pyridine rings is 1. The summed E-state index contributed by atoms with van der Waals surface area (Å²) in [5, 5.41) is 0. The van der Waals surface area contributed by atoms with E-state index in [9.17, 15) is 9.18 Å². The molecule has 0 aliphatic carbocycles. The van der Waals surface area contributed by atoms with Crippen LogP contribution in [0.3, 0.4) is 0 Å². The summed E-state index contributed by atoms with van der Waals surface area (Å²) in [4.78, 5) is 22.7. The van der Waals surface area contributed by atoms with Crippen molar-refractivity contribution < 1.29 is 4.39 Å². The number of rotatable bonds is 1. The zero-order valence-corrected chi connectivity index (χ0v) is 10.1. The second-order valence-electron chi connectivity index (χ2n) is 4.26. The van der Waals surface area contributed by atoms with Crippen LogP contribution in [-0.4, -0.2) is 15.0 Å². The van der Waals surface area contributed by atoms with Crippen LogP contribution in [0.4, 0.5) is 4.39 Å². The fourth-order valence-electron chi connectivity index (χ4n) is 1.98. The van der Waals surface area contributed by atoms with Crippen molar-refractivity contribution >= 4 is 11.0 Å². The van der Waals surface area contributed by atoms with Gasteiger partial charge in [0.15, 0.2) is 5.52 Å². The van der Waals surface area contributed by atoms with Gasteiger partial charge in [-0.05, 0) is 42.8 Å². The fraction of sp³-hybridized carbons (Fsp3) is 0.0714. The van der Waals surface area contributed by atoms with Crippen molar-refractivity contribution in [1.29, 1.82) is 0 Å². The van der Waals surface area contributed by atoms with E-state index in [1.54, 1.807) is 12.1 Å².